The minimum atomic E-state index is 0.417. The Labute approximate surface area is 125 Å². The summed E-state index contributed by atoms with van der Waals surface area (Å²) >= 11 is 1.77. The van der Waals surface area contributed by atoms with Gasteiger partial charge in [0.25, 0.3) is 0 Å². The highest BCUT2D eigenvalue weighted by Gasteiger charge is 2.31. The topological polar surface area (TPSA) is 29.3 Å². The van der Waals surface area contributed by atoms with E-state index in [1.807, 2.05) is 0 Å². The molecule has 0 amide bonds. The number of nitrogens with zero attached hydrogens (tertiary/aromatic N) is 2. The number of aromatic nitrogens is 2. The number of thiazole rings is 1. The predicted molar refractivity (Wildman–Crippen MR) is 85.4 cm³/mol. The van der Waals surface area contributed by atoms with Crippen LogP contribution in [0.2, 0.25) is 0 Å². The van der Waals surface area contributed by atoms with E-state index >= 15 is 0 Å². The summed E-state index contributed by atoms with van der Waals surface area (Å²) in [4.78, 5) is 7.13. The largest absolute Gasteiger partial charge is 0.308 e. The monoisotopic (exact) mass is 291 g/mol. The molecule has 1 aliphatic rings. The Morgan fingerprint density at radius 2 is 2.20 bits per heavy atom. The van der Waals surface area contributed by atoms with Gasteiger partial charge in [0.1, 0.15) is 0 Å². The maximum Gasteiger partial charge on any atom is 0.194 e. The summed E-state index contributed by atoms with van der Waals surface area (Å²) in [5.41, 5.74) is 2.91. The molecule has 1 fully saturated rings. The van der Waals surface area contributed by atoms with Crippen LogP contribution in [0.3, 0.4) is 0 Å². The van der Waals surface area contributed by atoms with Crippen molar-refractivity contribution in [3.63, 3.8) is 0 Å². The molecule has 2 heterocycles. The predicted octanol–water partition coefficient (Wildman–Crippen LogP) is 4.07. The lowest BCUT2D eigenvalue weighted by atomic mass is 9.73. The first-order valence-corrected chi connectivity index (χ1v) is 8.46. The van der Waals surface area contributed by atoms with E-state index in [0.717, 1.165) is 17.2 Å². The standard InChI is InChI=1S/C16H25N3S/c1-11-10-19-13(12(2)18-15(19)20-11)9-17-14-7-5-6-8-16(14,3)4/h10,14,17H,5-9H2,1-4H3. The van der Waals surface area contributed by atoms with Crippen molar-refractivity contribution in [1.82, 2.24) is 14.7 Å². The van der Waals surface area contributed by atoms with Crippen molar-refractivity contribution < 1.29 is 0 Å². The molecule has 1 saturated carbocycles. The number of imidazole rings is 1. The Balaban J connectivity index is 1.77. The van der Waals surface area contributed by atoms with Crippen molar-refractivity contribution in [2.75, 3.05) is 0 Å². The van der Waals surface area contributed by atoms with Crippen LogP contribution >= 0.6 is 11.3 Å². The van der Waals surface area contributed by atoms with Gasteiger partial charge >= 0.3 is 0 Å². The second-order valence-corrected chi connectivity index (χ2v) is 8.02. The summed E-state index contributed by atoms with van der Waals surface area (Å²) in [5.74, 6) is 0. The number of fused-ring (bicyclic) bond motifs is 1. The highest BCUT2D eigenvalue weighted by Crippen LogP contribution is 2.35. The smallest absolute Gasteiger partial charge is 0.194 e. The fraction of sp³-hybridized carbons (Fsp3) is 0.688. The third-order valence-corrected chi connectivity index (χ3v) is 5.66. The van der Waals surface area contributed by atoms with Gasteiger partial charge in [-0.05, 0) is 32.1 Å². The van der Waals surface area contributed by atoms with E-state index in [0.29, 0.717) is 11.5 Å². The number of aryl methyl sites for hydroxylation is 2. The van der Waals surface area contributed by atoms with Gasteiger partial charge in [-0.3, -0.25) is 4.40 Å². The average Bonchev–Trinajstić information content (AvgIpc) is 2.84. The van der Waals surface area contributed by atoms with Gasteiger partial charge < -0.3 is 5.32 Å². The summed E-state index contributed by atoms with van der Waals surface area (Å²) in [7, 11) is 0. The summed E-state index contributed by atoms with van der Waals surface area (Å²) in [5, 5.41) is 3.80. The highest BCUT2D eigenvalue weighted by atomic mass is 32.1. The fourth-order valence-corrected chi connectivity index (χ4v) is 4.30. The molecule has 0 bridgehead atoms. The molecule has 20 heavy (non-hydrogen) atoms. The van der Waals surface area contributed by atoms with Gasteiger partial charge in [-0.1, -0.05) is 26.7 Å². The first-order chi connectivity index (χ1) is 9.47. The van der Waals surface area contributed by atoms with Crippen LogP contribution in [0, 0.1) is 19.3 Å². The minimum Gasteiger partial charge on any atom is -0.308 e. The van der Waals surface area contributed by atoms with E-state index < -0.39 is 0 Å². The van der Waals surface area contributed by atoms with Crippen LogP contribution in [0.4, 0.5) is 0 Å². The van der Waals surface area contributed by atoms with Crippen molar-refractivity contribution in [2.24, 2.45) is 5.41 Å². The molecule has 0 aromatic carbocycles. The average molecular weight is 291 g/mol. The van der Waals surface area contributed by atoms with E-state index in [1.54, 1.807) is 11.3 Å². The maximum atomic E-state index is 4.68. The summed E-state index contributed by atoms with van der Waals surface area (Å²) < 4.78 is 2.26. The molecule has 2 aromatic rings. The molecule has 1 atom stereocenters. The second-order valence-electron chi connectivity index (χ2n) is 6.81. The molecule has 0 aliphatic heterocycles. The molecule has 3 nitrogen and oxygen atoms in total. The summed E-state index contributed by atoms with van der Waals surface area (Å²) in [6, 6.07) is 0.626. The molecule has 0 spiro atoms. The Morgan fingerprint density at radius 1 is 1.40 bits per heavy atom. The van der Waals surface area contributed by atoms with Crippen molar-refractivity contribution in [2.45, 2.75) is 66.0 Å². The van der Waals surface area contributed by atoms with E-state index in [4.69, 9.17) is 0 Å². The lowest BCUT2D eigenvalue weighted by molar-refractivity contribution is 0.166. The SMILES string of the molecule is Cc1cn2c(CNC3CCCCC3(C)C)c(C)nc2s1. The first kappa shape index (κ1) is 14.1. The molecular weight excluding hydrogens is 266 g/mol. The molecule has 1 aliphatic carbocycles. The zero-order chi connectivity index (χ0) is 14.3. The maximum absolute atomic E-state index is 4.68. The van der Waals surface area contributed by atoms with Gasteiger partial charge in [0, 0.05) is 23.7 Å². The molecule has 4 heteroatoms. The van der Waals surface area contributed by atoms with Gasteiger partial charge in [-0.25, -0.2) is 4.98 Å². The molecular formula is C16H25N3S. The summed E-state index contributed by atoms with van der Waals surface area (Å²) in [6.45, 7) is 10.0. The third-order valence-electron chi connectivity index (χ3n) is 4.76. The van der Waals surface area contributed by atoms with Crippen molar-refractivity contribution in [3.8, 4) is 0 Å². The van der Waals surface area contributed by atoms with Crippen LogP contribution in [-0.2, 0) is 6.54 Å². The van der Waals surface area contributed by atoms with Crippen molar-refractivity contribution in [1.29, 1.82) is 0 Å². The number of rotatable bonds is 3. The third kappa shape index (κ3) is 2.51. The fourth-order valence-electron chi connectivity index (χ4n) is 3.41. The van der Waals surface area contributed by atoms with Crippen LogP contribution in [0.15, 0.2) is 6.20 Å². The number of hydrogen-bond donors (Lipinski definition) is 1. The van der Waals surface area contributed by atoms with Crippen LogP contribution < -0.4 is 5.32 Å². The van der Waals surface area contributed by atoms with E-state index in [1.165, 1.54) is 36.3 Å². The molecule has 0 saturated heterocycles. The normalized spacial score (nSPS) is 22.5. The van der Waals surface area contributed by atoms with Crippen LogP contribution in [0.1, 0.15) is 55.8 Å². The van der Waals surface area contributed by atoms with Crippen LogP contribution in [0.25, 0.3) is 4.96 Å². The lowest BCUT2D eigenvalue weighted by Gasteiger charge is -2.39. The zero-order valence-corrected chi connectivity index (χ0v) is 13.8. The molecule has 0 radical (unpaired) electrons. The van der Waals surface area contributed by atoms with Gasteiger partial charge in [0.05, 0.1) is 11.4 Å². The van der Waals surface area contributed by atoms with Gasteiger partial charge in [0.2, 0.25) is 0 Å². The number of nitrogens with one attached hydrogen (secondary N) is 1. The highest BCUT2D eigenvalue weighted by molar-refractivity contribution is 7.17. The molecule has 110 valence electrons. The van der Waals surface area contributed by atoms with Crippen LogP contribution in [-0.4, -0.2) is 15.4 Å². The molecule has 2 aromatic heterocycles. The van der Waals surface area contributed by atoms with Crippen LogP contribution in [0.5, 0.6) is 0 Å². The zero-order valence-electron chi connectivity index (χ0n) is 13.0. The van der Waals surface area contributed by atoms with Crippen molar-refractivity contribution >= 4 is 16.3 Å². The van der Waals surface area contributed by atoms with E-state index in [9.17, 15) is 0 Å². The Hall–Kier alpha value is -0.870. The second kappa shape index (κ2) is 5.15. The van der Waals surface area contributed by atoms with Gasteiger partial charge in [0.15, 0.2) is 4.96 Å². The van der Waals surface area contributed by atoms with E-state index in [-0.39, 0.29) is 0 Å². The Morgan fingerprint density at radius 3 is 2.95 bits per heavy atom. The minimum absolute atomic E-state index is 0.417. The van der Waals surface area contributed by atoms with Gasteiger partial charge in [-0.2, -0.15) is 0 Å². The van der Waals surface area contributed by atoms with E-state index in [2.05, 4.69) is 48.6 Å². The molecule has 1 unspecified atom stereocenters. The van der Waals surface area contributed by atoms with Crippen molar-refractivity contribution in [3.05, 3.63) is 22.5 Å². The Bertz CT molecular complexity index is 609. The lowest BCUT2D eigenvalue weighted by Crippen LogP contribution is -2.43. The molecule has 3 rings (SSSR count). The van der Waals surface area contributed by atoms with Gasteiger partial charge in [-0.15, -0.1) is 11.3 Å². The Kier molecular flexibility index (Phi) is 3.63. The first-order valence-electron chi connectivity index (χ1n) is 7.65. The molecule has 1 N–H and O–H groups in total. The number of hydrogen-bond acceptors (Lipinski definition) is 3. The quantitative estimate of drug-likeness (QED) is 0.923. The summed E-state index contributed by atoms with van der Waals surface area (Å²) in [6.07, 6.45) is 7.59.